The normalized spacial score (nSPS) is 12.4. The molecule has 0 rings (SSSR count). The lowest BCUT2D eigenvalue weighted by Gasteiger charge is -2.03. The maximum Gasteiger partial charge on any atom is 0.333 e. The van der Waals surface area contributed by atoms with E-state index in [1.54, 1.807) is 0 Å². The predicted octanol–water partition coefficient (Wildman–Crippen LogP) is 0.0849. The average molecular weight is 224 g/mol. The lowest BCUT2D eigenvalue weighted by molar-refractivity contribution is -0.133. The Labute approximate surface area is 82.0 Å². The molecule has 2 N–H and O–H groups in total. The van der Waals surface area contributed by atoms with Crippen LogP contribution in [-0.4, -0.2) is 42.4 Å². The van der Waals surface area contributed by atoms with Gasteiger partial charge in [0.2, 0.25) is 0 Å². The summed E-state index contributed by atoms with van der Waals surface area (Å²) in [5, 5.41) is 16.6. The summed E-state index contributed by atoms with van der Waals surface area (Å²) in [7, 11) is -2.26. The zero-order valence-electron chi connectivity index (χ0n) is 7.56. The maximum absolute atomic E-state index is 10.8. The average Bonchev–Trinajstić information content (AvgIpc) is 2.12. The van der Waals surface area contributed by atoms with Crippen LogP contribution in [0.1, 0.15) is 0 Å². The van der Waals surface area contributed by atoms with Crippen LogP contribution in [0.15, 0.2) is 12.2 Å². The Hall–Kier alpha value is -0.680. The van der Waals surface area contributed by atoms with Crippen molar-refractivity contribution in [3.63, 3.8) is 0 Å². The fourth-order valence-electron chi connectivity index (χ4n) is 0.557. The monoisotopic (exact) mass is 224 g/mol. The molecule has 7 heteroatoms. The molecule has 0 aromatic heterocycles. The van der Waals surface area contributed by atoms with Crippen LogP contribution in [-0.2, 0) is 18.6 Å². The van der Waals surface area contributed by atoms with Gasteiger partial charge in [0, 0.05) is 6.16 Å². The van der Waals surface area contributed by atoms with Crippen molar-refractivity contribution in [2.75, 3.05) is 26.2 Å². The molecule has 0 aliphatic heterocycles. The second-order valence-corrected chi connectivity index (χ2v) is 3.89. The van der Waals surface area contributed by atoms with Gasteiger partial charge in [-0.2, -0.15) is 0 Å². The molecule has 0 aliphatic carbocycles. The van der Waals surface area contributed by atoms with E-state index in [2.05, 4.69) is 11.1 Å². The first-order valence-corrected chi connectivity index (χ1v) is 5.35. The van der Waals surface area contributed by atoms with Gasteiger partial charge in [0.15, 0.2) is 8.03 Å². The molecule has 0 bridgehead atoms. The number of ether oxygens (including phenoxy) is 1. The first kappa shape index (κ1) is 13.3. The summed E-state index contributed by atoms with van der Waals surface area (Å²) in [6.45, 7) is 2.67. The van der Waals surface area contributed by atoms with Gasteiger partial charge < -0.3 is 19.5 Å². The molecule has 0 aliphatic rings. The number of hydrogen-bond donors (Lipinski definition) is 2. The van der Waals surface area contributed by atoms with Gasteiger partial charge in [0.25, 0.3) is 0 Å². The molecule has 82 valence electrons. The standard InChI is InChI=1S/C7H13O6P/c1-6(7(9)10)4-12-2-3-14(11)13-5-8/h8,14H,1-5H2,(H,9,10). The highest BCUT2D eigenvalue weighted by Gasteiger charge is 2.04. The third kappa shape index (κ3) is 6.80. The predicted molar refractivity (Wildman–Crippen MR) is 49.6 cm³/mol. The van der Waals surface area contributed by atoms with Crippen LogP contribution in [0.2, 0.25) is 0 Å². The van der Waals surface area contributed by atoms with Crippen LogP contribution < -0.4 is 0 Å². The zero-order valence-corrected chi connectivity index (χ0v) is 8.56. The quantitative estimate of drug-likeness (QED) is 0.262. The fraction of sp³-hybridized carbons (Fsp3) is 0.571. The molecule has 0 radical (unpaired) electrons. The van der Waals surface area contributed by atoms with Crippen LogP contribution in [0.3, 0.4) is 0 Å². The third-order valence-electron chi connectivity index (χ3n) is 1.25. The Kier molecular flexibility index (Phi) is 7.32. The van der Waals surface area contributed by atoms with Crippen molar-refractivity contribution in [1.29, 1.82) is 0 Å². The van der Waals surface area contributed by atoms with E-state index >= 15 is 0 Å². The molecule has 0 aromatic rings. The van der Waals surface area contributed by atoms with Crippen LogP contribution in [0.4, 0.5) is 0 Å². The lowest BCUT2D eigenvalue weighted by atomic mass is 10.3. The van der Waals surface area contributed by atoms with Crippen molar-refractivity contribution >= 4 is 14.0 Å². The van der Waals surface area contributed by atoms with Gasteiger partial charge in [-0.1, -0.05) is 6.58 Å². The van der Waals surface area contributed by atoms with Crippen molar-refractivity contribution in [3.8, 4) is 0 Å². The Morgan fingerprint density at radius 3 is 2.64 bits per heavy atom. The van der Waals surface area contributed by atoms with Crippen LogP contribution in [0.5, 0.6) is 0 Å². The molecular formula is C7H13O6P. The number of carboxylic acid groups (broad SMARTS) is 1. The second kappa shape index (κ2) is 7.70. The van der Waals surface area contributed by atoms with E-state index in [-0.39, 0.29) is 24.9 Å². The van der Waals surface area contributed by atoms with Crippen molar-refractivity contribution in [2.45, 2.75) is 0 Å². The number of aliphatic hydroxyl groups is 1. The number of aliphatic carboxylic acids is 1. The smallest absolute Gasteiger partial charge is 0.333 e. The number of hydrogen-bond acceptors (Lipinski definition) is 5. The van der Waals surface area contributed by atoms with Crippen molar-refractivity contribution in [1.82, 2.24) is 0 Å². The molecule has 14 heavy (non-hydrogen) atoms. The minimum absolute atomic E-state index is 0.0623. The Balaban J connectivity index is 3.42. The van der Waals surface area contributed by atoms with Gasteiger partial charge in [-0.3, -0.25) is 4.57 Å². The zero-order chi connectivity index (χ0) is 11.0. The minimum atomic E-state index is -2.26. The Morgan fingerprint density at radius 2 is 2.14 bits per heavy atom. The van der Waals surface area contributed by atoms with Crippen LogP contribution >= 0.6 is 8.03 Å². The summed E-state index contributed by atoms with van der Waals surface area (Å²) in [6.07, 6.45) is 0.151. The van der Waals surface area contributed by atoms with Gasteiger partial charge in [0.05, 0.1) is 18.8 Å². The number of carbonyl (C=O) groups is 1. The van der Waals surface area contributed by atoms with Gasteiger partial charge in [0.1, 0.15) is 6.79 Å². The molecule has 0 saturated heterocycles. The highest BCUT2D eigenvalue weighted by atomic mass is 31.1. The highest BCUT2D eigenvalue weighted by Crippen LogP contribution is 2.20. The van der Waals surface area contributed by atoms with E-state index in [0.717, 1.165) is 0 Å². The fourth-order valence-corrected chi connectivity index (χ4v) is 1.16. The highest BCUT2D eigenvalue weighted by molar-refractivity contribution is 7.39. The van der Waals surface area contributed by atoms with Crippen LogP contribution in [0, 0.1) is 0 Å². The van der Waals surface area contributed by atoms with Gasteiger partial charge in [-0.05, 0) is 0 Å². The minimum Gasteiger partial charge on any atom is -0.478 e. The summed E-state index contributed by atoms with van der Waals surface area (Å²) in [5.41, 5.74) is -0.0623. The van der Waals surface area contributed by atoms with E-state index in [9.17, 15) is 9.36 Å². The molecule has 0 saturated carbocycles. The lowest BCUT2D eigenvalue weighted by Crippen LogP contribution is -2.08. The molecule has 6 nitrogen and oxygen atoms in total. The molecule has 0 spiro atoms. The van der Waals surface area contributed by atoms with E-state index in [0.29, 0.717) is 0 Å². The summed E-state index contributed by atoms with van der Waals surface area (Å²) >= 11 is 0. The topological polar surface area (TPSA) is 93.1 Å². The Bertz CT molecular complexity index is 226. The molecule has 0 aromatic carbocycles. The summed E-state index contributed by atoms with van der Waals surface area (Å²) in [6, 6.07) is 0. The first-order chi connectivity index (χ1) is 6.57. The number of carboxylic acids is 1. The Morgan fingerprint density at radius 1 is 1.50 bits per heavy atom. The van der Waals surface area contributed by atoms with Crippen molar-refractivity contribution in [2.24, 2.45) is 0 Å². The largest absolute Gasteiger partial charge is 0.478 e. The molecule has 0 heterocycles. The van der Waals surface area contributed by atoms with E-state index in [4.69, 9.17) is 14.9 Å². The third-order valence-corrected chi connectivity index (χ3v) is 2.32. The van der Waals surface area contributed by atoms with Crippen molar-refractivity contribution in [3.05, 3.63) is 12.2 Å². The molecule has 1 atom stereocenters. The summed E-state index contributed by atoms with van der Waals surface area (Å²) < 4.78 is 20.0. The molecule has 1 unspecified atom stereocenters. The number of aliphatic hydroxyl groups excluding tert-OH is 1. The van der Waals surface area contributed by atoms with Gasteiger partial charge in [-0.15, -0.1) is 0 Å². The van der Waals surface area contributed by atoms with E-state index in [1.165, 1.54) is 0 Å². The SMILES string of the molecule is C=C(COCC[PH](=O)OCO)C(=O)O. The molecule has 0 fully saturated rings. The van der Waals surface area contributed by atoms with Crippen LogP contribution in [0.25, 0.3) is 0 Å². The molecule has 0 amide bonds. The summed E-state index contributed by atoms with van der Waals surface area (Å²) in [4.78, 5) is 10.2. The van der Waals surface area contributed by atoms with E-state index in [1.807, 2.05) is 0 Å². The van der Waals surface area contributed by atoms with Gasteiger partial charge in [-0.25, -0.2) is 4.79 Å². The maximum atomic E-state index is 10.8. The number of rotatable bonds is 8. The second-order valence-electron chi connectivity index (χ2n) is 2.36. The first-order valence-electron chi connectivity index (χ1n) is 3.83. The molecular weight excluding hydrogens is 211 g/mol. The van der Waals surface area contributed by atoms with Gasteiger partial charge >= 0.3 is 5.97 Å². The summed E-state index contributed by atoms with van der Waals surface area (Å²) in [5.74, 6) is -1.12. The van der Waals surface area contributed by atoms with Crippen molar-refractivity contribution < 1.29 is 28.8 Å². The van der Waals surface area contributed by atoms with E-state index < -0.39 is 20.8 Å².